The van der Waals surface area contributed by atoms with Gasteiger partial charge in [0.15, 0.2) is 6.10 Å². The minimum atomic E-state index is -0.825. The first-order chi connectivity index (χ1) is 14.4. The molecule has 3 rings (SSSR count). The first kappa shape index (κ1) is 20.9. The Morgan fingerprint density at radius 1 is 0.800 bits per heavy atom. The minimum absolute atomic E-state index is 0.110. The third-order valence-electron chi connectivity index (χ3n) is 4.45. The Labute approximate surface area is 173 Å². The van der Waals surface area contributed by atoms with Crippen LogP contribution < -0.4 is 10.1 Å². The highest BCUT2D eigenvalue weighted by Gasteiger charge is 2.18. The summed E-state index contributed by atoms with van der Waals surface area (Å²) in [6, 6.07) is 17.5. The SMILES string of the molecule is COC(=O)c1cc(NC(=O)C(C)Oc2ccc3ccccc3c2)cc(C(=O)OC)c1. The van der Waals surface area contributed by atoms with Crippen LogP contribution in [0.4, 0.5) is 5.69 Å². The van der Waals surface area contributed by atoms with E-state index < -0.39 is 23.9 Å². The van der Waals surface area contributed by atoms with Crippen LogP contribution in [0.25, 0.3) is 10.8 Å². The van der Waals surface area contributed by atoms with Crippen molar-refractivity contribution >= 4 is 34.3 Å². The summed E-state index contributed by atoms with van der Waals surface area (Å²) in [6.07, 6.45) is -0.825. The van der Waals surface area contributed by atoms with E-state index in [9.17, 15) is 14.4 Å². The molecular weight excluding hydrogens is 386 g/mol. The van der Waals surface area contributed by atoms with Gasteiger partial charge in [-0.25, -0.2) is 9.59 Å². The molecule has 1 atom stereocenters. The molecule has 0 fully saturated rings. The first-order valence-electron chi connectivity index (χ1n) is 9.19. The Kier molecular flexibility index (Phi) is 6.32. The van der Waals surface area contributed by atoms with E-state index in [-0.39, 0.29) is 16.8 Å². The molecule has 1 unspecified atom stereocenters. The molecule has 0 saturated carbocycles. The average molecular weight is 407 g/mol. The number of amides is 1. The standard InChI is InChI=1S/C23H21NO6/c1-14(30-20-9-8-15-6-4-5-7-16(15)13-20)21(25)24-19-11-17(22(26)28-2)10-18(12-19)23(27)29-3/h4-14H,1-3H3,(H,24,25). The second kappa shape index (κ2) is 9.09. The van der Waals surface area contributed by atoms with Crippen molar-refractivity contribution in [3.05, 3.63) is 71.8 Å². The van der Waals surface area contributed by atoms with Gasteiger partial charge < -0.3 is 19.5 Å². The molecule has 0 spiro atoms. The van der Waals surface area contributed by atoms with Crippen molar-refractivity contribution in [3.8, 4) is 5.75 Å². The molecule has 3 aromatic carbocycles. The van der Waals surface area contributed by atoms with Gasteiger partial charge in [0.2, 0.25) is 0 Å². The zero-order valence-corrected chi connectivity index (χ0v) is 16.8. The van der Waals surface area contributed by atoms with Crippen LogP contribution in [0.3, 0.4) is 0 Å². The van der Waals surface area contributed by atoms with Crippen LogP contribution in [0.1, 0.15) is 27.6 Å². The number of rotatable bonds is 6. The number of carbonyl (C=O) groups excluding carboxylic acids is 3. The smallest absolute Gasteiger partial charge is 0.337 e. The molecule has 30 heavy (non-hydrogen) atoms. The minimum Gasteiger partial charge on any atom is -0.481 e. The number of methoxy groups -OCH3 is 2. The monoisotopic (exact) mass is 407 g/mol. The quantitative estimate of drug-likeness (QED) is 0.625. The number of hydrogen-bond acceptors (Lipinski definition) is 6. The van der Waals surface area contributed by atoms with Gasteiger partial charge in [-0.2, -0.15) is 0 Å². The lowest BCUT2D eigenvalue weighted by Crippen LogP contribution is -2.30. The van der Waals surface area contributed by atoms with Crippen LogP contribution >= 0.6 is 0 Å². The van der Waals surface area contributed by atoms with Gasteiger partial charge in [0.1, 0.15) is 5.75 Å². The van der Waals surface area contributed by atoms with Crippen LogP contribution in [0.2, 0.25) is 0 Å². The lowest BCUT2D eigenvalue weighted by atomic mass is 10.1. The average Bonchev–Trinajstić information content (AvgIpc) is 2.77. The van der Waals surface area contributed by atoms with Gasteiger partial charge >= 0.3 is 11.9 Å². The second-order valence-electron chi connectivity index (χ2n) is 6.54. The Hall–Kier alpha value is -3.87. The molecule has 0 aliphatic rings. The predicted octanol–water partition coefficient (Wildman–Crippen LogP) is 3.82. The van der Waals surface area contributed by atoms with E-state index >= 15 is 0 Å². The number of anilines is 1. The van der Waals surface area contributed by atoms with E-state index in [0.29, 0.717) is 5.75 Å². The Morgan fingerprint density at radius 3 is 2.00 bits per heavy atom. The molecule has 1 amide bonds. The Bertz CT molecular complexity index is 1070. The fraction of sp³-hybridized carbons (Fsp3) is 0.174. The fourth-order valence-electron chi connectivity index (χ4n) is 2.91. The van der Waals surface area contributed by atoms with Gasteiger partial charge in [-0.1, -0.05) is 30.3 Å². The highest BCUT2D eigenvalue weighted by Crippen LogP contribution is 2.22. The van der Waals surface area contributed by atoms with Gasteiger partial charge in [0.05, 0.1) is 25.3 Å². The molecule has 3 aromatic rings. The summed E-state index contributed by atoms with van der Waals surface area (Å²) in [6.45, 7) is 1.61. The van der Waals surface area contributed by atoms with Gasteiger partial charge in [0.25, 0.3) is 5.91 Å². The lowest BCUT2D eigenvalue weighted by molar-refractivity contribution is -0.122. The largest absolute Gasteiger partial charge is 0.481 e. The maximum absolute atomic E-state index is 12.6. The summed E-state index contributed by atoms with van der Waals surface area (Å²) in [4.78, 5) is 36.4. The van der Waals surface area contributed by atoms with Crippen molar-refractivity contribution in [3.63, 3.8) is 0 Å². The van der Waals surface area contributed by atoms with Crippen LogP contribution in [-0.2, 0) is 14.3 Å². The van der Waals surface area contributed by atoms with E-state index in [1.54, 1.807) is 13.0 Å². The number of benzene rings is 3. The van der Waals surface area contributed by atoms with Gasteiger partial charge in [-0.15, -0.1) is 0 Å². The molecule has 0 saturated heterocycles. The number of carbonyl (C=O) groups is 3. The summed E-state index contributed by atoms with van der Waals surface area (Å²) in [7, 11) is 2.45. The normalized spacial score (nSPS) is 11.4. The third-order valence-corrected chi connectivity index (χ3v) is 4.45. The summed E-state index contributed by atoms with van der Waals surface area (Å²) < 4.78 is 15.2. The van der Waals surface area contributed by atoms with Crippen LogP contribution in [0, 0.1) is 0 Å². The van der Waals surface area contributed by atoms with Crippen molar-refractivity contribution in [2.45, 2.75) is 13.0 Å². The van der Waals surface area contributed by atoms with E-state index in [0.717, 1.165) is 10.8 Å². The van der Waals surface area contributed by atoms with Crippen molar-refractivity contribution in [2.24, 2.45) is 0 Å². The lowest BCUT2D eigenvalue weighted by Gasteiger charge is -2.16. The number of ether oxygens (including phenoxy) is 3. The van der Waals surface area contributed by atoms with Gasteiger partial charge in [-0.05, 0) is 48.0 Å². The molecule has 0 aliphatic carbocycles. The highest BCUT2D eigenvalue weighted by atomic mass is 16.5. The third kappa shape index (κ3) is 4.75. The molecule has 1 N–H and O–H groups in total. The second-order valence-corrected chi connectivity index (χ2v) is 6.54. The van der Waals surface area contributed by atoms with Crippen molar-refractivity contribution in [2.75, 3.05) is 19.5 Å². The van der Waals surface area contributed by atoms with Crippen molar-refractivity contribution in [1.82, 2.24) is 0 Å². The first-order valence-corrected chi connectivity index (χ1v) is 9.19. The van der Waals surface area contributed by atoms with Crippen LogP contribution in [0.5, 0.6) is 5.75 Å². The highest BCUT2D eigenvalue weighted by molar-refractivity contribution is 6.00. The summed E-state index contributed by atoms with van der Waals surface area (Å²) in [5.41, 5.74) is 0.467. The number of hydrogen-bond donors (Lipinski definition) is 1. The van der Waals surface area contributed by atoms with Gasteiger partial charge in [0, 0.05) is 5.69 Å². The van der Waals surface area contributed by atoms with E-state index in [2.05, 4.69) is 5.32 Å². The molecule has 0 heterocycles. The molecule has 0 aromatic heterocycles. The summed E-state index contributed by atoms with van der Waals surface area (Å²) in [5.74, 6) is -1.18. The molecule has 0 radical (unpaired) electrons. The van der Waals surface area contributed by atoms with E-state index in [1.807, 2.05) is 36.4 Å². The zero-order valence-electron chi connectivity index (χ0n) is 16.8. The topological polar surface area (TPSA) is 90.9 Å². The van der Waals surface area contributed by atoms with E-state index in [4.69, 9.17) is 14.2 Å². The molecule has 154 valence electrons. The molecule has 0 aliphatic heterocycles. The number of esters is 2. The molecular formula is C23H21NO6. The van der Waals surface area contributed by atoms with Crippen molar-refractivity contribution < 1.29 is 28.6 Å². The maximum Gasteiger partial charge on any atom is 0.337 e. The predicted molar refractivity (Wildman–Crippen MR) is 112 cm³/mol. The van der Waals surface area contributed by atoms with Crippen molar-refractivity contribution in [1.29, 1.82) is 0 Å². The van der Waals surface area contributed by atoms with Crippen LogP contribution in [0.15, 0.2) is 60.7 Å². The van der Waals surface area contributed by atoms with Crippen LogP contribution in [-0.4, -0.2) is 38.2 Å². The molecule has 7 heteroatoms. The zero-order chi connectivity index (χ0) is 21.7. The fourth-order valence-corrected chi connectivity index (χ4v) is 2.91. The Morgan fingerprint density at radius 2 is 1.40 bits per heavy atom. The Balaban J connectivity index is 1.77. The maximum atomic E-state index is 12.6. The number of nitrogens with one attached hydrogen (secondary N) is 1. The summed E-state index contributed by atoms with van der Waals surface area (Å²) in [5, 5.41) is 4.72. The summed E-state index contributed by atoms with van der Waals surface area (Å²) >= 11 is 0. The van der Waals surface area contributed by atoms with Gasteiger partial charge in [-0.3, -0.25) is 4.79 Å². The number of fused-ring (bicyclic) bond motifs is 1. The molecule has 0 bridgehead atoms. The van der Waals surface area contributed by atoms with E-state index in [1.165, 1.54) is 32.4 Å². The molecule has 7 nitrogen and oxygen atoms in total.